The molecule has 0 radical (unpaired) electrons. The number of hydrogen-bond donors (Lipinski definition) is 1. The predicted octanol–water partition coefficient (Wildman–Crippen LogP) is 3.00. The second-order valence-electron chi connectivity index (χ2n) is 5.88. The Morgan fingerprint density at radius 2 is 2.17 bits per heavy atom. The number of aromatic nitrogens is 2. The van der Waals surface area contributed by atoms with Crippen LogP contribution in [0.2, 0.25) is 5.02 Å². The minimum absolute atomic E-state index is 0.487. The van der Waals surface area contributed by atoms with Gasteiger partial charge in [0.05, 0.1) is 18.2 Å². The topological polar surface area (TPSA) is 64.3 Å². The smallest absolute Gasteiger partial charge is 0.144 e. The number of anilines is 1. The maximum atomic E-state index is 6.13. The Balaban J connectivity index is 1.53. The van der Waals surface area contributed by atoms with Gasteiger partial charge in [-0.25, -0.2) is 9.97 Å². The number of nitrogens with two attached hydrogens (primary N) is 1. The van der Waals surface area contributed by atoms with Crippen molar-refractivity contribution in [3.8, 4) is 5.75 Å². The first-order chi connectivity index (χ1) is 11.2. The van der Waals surface area contributed by atoms with Crippen LogP contribution in [0.1, 0.15) is 18.7 Å². The van der Waals surface area contributed by atoms with Crippen LogP contribution in [-0.4, -0.2) is 34.6 Å². The van der Waals surface area contributed by atoms with E-state index in [1.165, 1.54) is 6.42 Å². The van der Waals surface area contributed by atoms with Gasteiger partial charge in [-0.2, -0.15) is 0 Å². The highest BCUT2D eigenvalue weighted by molar-refractivity contribution is 6.32. The number of likely N-dealkylation sites (tertiary alicyclic amines) is 1. The van der Waals surface area contributed by atoms with Crippen LogP contribution < -0.4 is 10.5 Å². The van der Waals surface area contributed by atoms with Gasteiger partial charge in [-0.05, 0) is 37.6 Å². The summed E-state index contributed by atoms with van der Waals surface area (Å²) in [6.07, 6.45) is 4.03. The molecule has 1 saturated heterocycles. The van der Waals surface area contributed by atoms with Crippen molar-refractivity contribution in [2.24, 2.45) is 5.92 Å². The molecular weight excluding hydrogens is 312 g/mol. The van der Waals surface area contributed by atoms with Gasteiger partial charge in [0.2, 0.25) is 0 Å². The molecule has 3 rings (SSSR count). The van der Waals surface area contributed by atoms with E-state index >= 15 is 0 Å². The van der Waals surface area contributed by atoms with Gasteiger partial charge < -0.3 is 10.5 Å². The molecule has 1 aliphatic heterocycles. The van der Waals surface area contributed by atoms with Crippen LogP contribution in [0.4, 0.5) is 5.82 Å². The van der Waals surface area contributed by atoms with Crippen LogP contribution in [0.15, 0.2) is 36.5 Å². The molecule has 1 fully saturated rings. The second-order valence-corrected chi connectivity index (χ2v) is 6.29. The lowest BCUT2D eigenvalue weighted by Crippen LogP contribution is -2.37. The molecule has 1 atom stereocenters. The number of nitrogens with zero attached hydrogens (tertiary/aromatic N) is 3. The molecular formula is C17H21ClN4O. The number of hydrogen-bond acceptors (Lipinski definition) is 5. The highest BCUT2D eigenvalue weighted by atomic mass is 35.5. The molecule has 0 amide bonds. The molecule has 0 unspecified atom stereocenters. The van der Waals surface area contributed by atoms with Crippen LogP contribution in [0.25, 0.3) is 0 Å². The summed E-state index contributed by atoms with van der Waals surface area (Å²) < 4.78 is 5.88. The molecule has 0 spiro atoms. The van der Waals surface area contributed by atoms with Gasteiger partial charge in [0.1, 0.15) is 17.4 Å². The Labute approximate surface area is 141 Å². The fraction of sp³-hybridized carbons (Fsp3) is 0.412. The van der Waals surface area contributed by atoms with E-state index in [1.807, 2.05) is 24.3 Å². The van der Waals surface area contributed by atoms with E-state index in [0.29, 0.717) is 23.4 Å². The SMILES string of the molecule is Nc1ccnc(CN2CCC[C@H](COc3ccccc3Cl)C2)n1. The minimum Gasteiger partial charge on any atom is -0.492 e. The van der Waals surface area contributed by atoms with Crippen LogP contribution >= 0.6 is 11.6 Å². The Morgan fingerprint density at radius 1 is 1.30 bits per heavy atom. The molecule has 2 heterocycles. The summed E-state index contributed by atoms with van der Waals surface area (Å²) in [7, 11) is 0. The largest absolute Gasteiger partial charge is 0.492 e. The normalized spacial score (nSPS) is 18.7. The first kappa shape index (κ1) is 16.0. The van der Waals surface area contributed by atoms with Gasteiger partial charge in [-0.15, -0.1) is 0 Å². The number of para-hydroxylation sites is 1. The van der Waals surface area contributed by atoms with Crippen molar-refractivity contribution >= 4 is 17.4 Å². The average molecular weight is 333 g/mol. The summed E-state index contributed by atoms with van der Waals surface area (Å²) in [6, 6.07) is 9.30. The molecule has 0 aliphatic carbocycles. The number of piperidine rings is 1. The summed E-state index contributed by atoms with van der Waals surface area (Å²) in [5, 5.41) is 0.660. The first-order valence-electron chi connectivity index (χ1n) is 7.88. The van der Waals surface area contributed by atoms with E-state index in [1.54, 1.807) is 12.3 Å². The lowest BCUT2D eigenvalue weighted by molar-refractivity contribution is 0.123. The third-order valence-electron chi connectivity index (χ3n) is 4.01. The lowest BCUT2D eigenvalue weighted by Gasteiger charge is -2.32. The van der Waals surface area contributed by atoms with Gasteiger partial charge in [0, 0.05) is 18.7 Å². The van der Waals surface area contributed by atoms with Gasteiger partial charge >= 0.3 is 0 Å². The second kappa shape index (κ2) is 7.62. The highest BCUT2D eigenvalue weighted by Gasteiger charge is 2.21. The molecule has 5 nitrogen and oxygen atoms in total. The number of ether oxygens (including phenoxy) is 1. The van der Waals surface area contributed by atoms with Crippen molar-refractivity contribution in [3.63, 3.8) is 0 Å². The van der Waals surface area contributed by atoms with Crippen LogP contribution in [0.5, 0.6) is 5.75 Å². The Hall–Kier alpha value is -1.85. The maximum absolute atomic E-state index is 6.13. The van der Waals surface area contributed by atoms with Crippen molar-refractivity contribution in [3.05, 3.63) is 47.4 Å². The zero-order valence-electron chi connectivity index (χ0n) is 13.0. The Bertz CT molecular complexity index is 652. The standard InChI is InChI=1S/C17H21ClN4O/c18-14-5-1-2-6-15(14)23-12-13-4-3-9-22(10-13)11-17-20-8-7-16(19)21-17/h1-2,5-8,13H,3-4,9-12H2,(H2,19,20,21)/t13-/m0/s1. The average Bonchev–Trinajstić information content (AvgIpc) is 2.54. The van der Waals surface area contributed by atoms with Gasteiger partial charge in [-0.1, -0.05) is 23.7 Å². The lowest BCUT2D eigenvalue weighted by atomic mass is 9.99. The number of rotatable bonds is 5. The Kier molecular flexibility index (Phi) is 5.31. The van der Waals surface area contributed by atoms with Gasteiger partial charge in [0.25, 0.3) is 0 Å². The molecule has 1 aromatic heterocycles. The molecule has 1 aliphatic rings. The maximum Gasteiger partial charge on any atom is 0.144 e. The van der Waals surface area contributed by atoms with Crippen LogP contribution in [-0.2, 0) is 6.54 Å². The molecule has 0 saturated carbocycles. The molecule has 1 aromatic carbocycles. The minimum atomic E-state index is 0.487. The zero-order valence-corrected chi connectivity index (χ0v) is 13.7. The number of nitrogen functional groups attached to an aromatic ring is 1. The monoisotopic (exact) mass is 332 g/mol. The summed E-state index contributed by atoms with van der Waals surface area (Å²) in [5.41, 5.74) is 5.72. The third kappa shape index (κ3) is 4.56. The van der Waals surface area contributed by atoms with Crippen molar-refractivity contribution in [2.75, 3.05) is 25.4 Å². The highest BCUT2D eigenvalue weighted by Crippen LogP contribution is 2.25. The quantitative estimate of drug-likeness (QED) is 0.911. The van der Waals surface area contributed by atoms with E-state index in [9.17, 15) is 0 Å². The summed E-state index contributed by atoms with van der Waals surface area (Å²) in [6.45, 7) is 3.44. The fourth-order valence-corrected chi connectivity index (χ4v) is 3.08. The van der Waals surface area contributed by atoms with E-state index in [4.69, 9.17) is 22.1 Å². The zero-order chi connectivity index (χ0) is 16.1. The van der Waals surface area contributed by atoms with Crippen molar-refractivity contribution < 1.29 is 4.74 Å². The van der Waals surface area contributed by atoms with Gasteiger partial charge in [0.15, 0.2) is 0 Å². The first-order valence-corrected chi connectivity index (χ1v) is 8.25. The third-order valence-corrected chi connectivity index (χ3v) is 4.32. The van der Waals surface area contributed by atoms with Crippen molar-refractivity contribution in [2.45, 2.75) is 19.4 Å². The fourth-order valence-electron chi connectivity index (χ4n) is 2.89. The van der Waals surface area contributed by atoms with Crippen LogP contribution in [0.3, 0.4) is 0 Å². The van der Waals surface area contributed by atoms with E-state index < -0.39 is 0 Å². The van der Waals surface area contributed by atoms with E-state index in [0.717, 1.165) is 37.6 Å². The molecule has 122 valence electrons. The molecule has 2 aromatic rings. The Morgan fingerprint density at radius 3 is 3.00 bits per heavy atom. The van der Waals surface area contributed by atoms with Crippen molar-refractivity contribution in [1.29, 1.82) is 0 Å². The molecule has 2 N–H and O–H groups in total. The molecule has 23 heavy (non-hydrogen) atoms. The predicted molar refractivity (Wildman–Crippen MR) is 91.4 cm³/mol. The molecule has 6 heteroatoms. The molecule has 0 bridgehead atoms. The van der Waals surface area contributed by atoms with Gasteiger partial charge in [-0.3, -0.25) is 4.90 Å². The van der Waals surface area contributed by atoms with E-state index in [-0.39, 0.29) is 0 Å². The number of benzene rings is 1. The van der Waals surface area contributed by atoms with Crippen LogP contribution in [0, 0.1) is 5.92 Å². The van der Waals surface area contributed by atoms with E-state index in [2.05, 4.69) is 14.9 Å². The van der Waals surface area contributed by atoms with Crippen molar-refractivity contribution in [1.82, 2.24) is 14.9 Å². The summed E-state index contributed by atoms with van der Waals surface area (Å²) >= 11 is 6.13. The summed E-state index contributed by atoms with van der Waals surface area (Å²) in [5.74, 6) is 2.54. The number of halogens is 1. The summed E-state index contributed by atoms with van der Waals surface area (Å²) in [4.78, 5) is 10.9.